The highest BCUT2D eigenvalue weighted by Gasteiger charge is 2.07. The fraction of sp³-hybridized carbons (Fsp3) is 0.533. The topological polar surface area (TPSA) is 166 Å². The van der Waals surface area contributed by atoms with Gasteiger partial charge in [-0.3, -0.25) is 29.1 Å². The molecule has 42 heavy (non-hydrogen) atoms. The van der Waals surface area contributed by atoms with Crippen molar-refractivity contribution in [1.29, 1.82) is 0 Å². The second-order valence-electron chi connectivity index (χ2n) is 9.89. The van der Waals surface area contributed by atoms with Crippen molar-refractivity contribution in [2.45, 2.75) is 64.5 Å². The summed E-state index contributed by atoms with van der Waals surface area (Å²) in [7, 11) is 0. The van der Waals surface area contributed by atoms with E-state index < -0.39 is 0 Å². The van der Waals surface area contributed by atoms with E-state index >= 15 is 0 Å². The average molecular weight is 583 g/mol. The molecule has 0 saturated carbocycles. The van der Waals surface area contributed by atoms with Crippen LogP contribution in [0.3, 0.4) is 0 Å². The molecule has 0 spiro atoms. The third-order valence-electron chi connectivity index (χ3n) is 6.25. The smallest absolute Gasteiger partial charge is 0.220 e. The summed E-state index contributed by atoms with van der Waals surface area (Å²) in [5, 5.41) is 18.0. The van der Waals surface area contributed by atoms with Gasteiger partial charge in [-0.2, -0.15) is 0 Å². The predicted octanol–water partition coefficient (Wildman–Crippen LogP) is 0.942. The van der Waals surface area contributed by atoms with E-state index in [0.29, 0.717) is 26.2 Å². The largest absolute Gasteiger partial charge is 0.356 e. The molecule has 12 nitrogen and oxygen atoms in total. The number of carbonyl (C=O) groups excluding carboxylic acids is 4. The Kier molecular flexibility index (Phi) is 18.6. The SMILES string of the molecule is O=C(CCC(=O)NCc1cccnc1)NCCCNCCCCNCCCNC(=O)CCC(=O)NCc1cccnc1. The Morgan fingerprint density at radius 3 is 1.26 bits per heavy atom. The molecular weight excluding hydrogens is 536 g/mol. The maximum Gasteiger partial charge on any atom is 0.220 e. The summed E-state index contributed by atoms with van der Waals surface area (Å²) in [6.45, 7) is 5.47. The first-order valence-electron chi connectivity index (χ1n) is 14.8. The van der Waals surface area contributed by atoms with Gasteiger partial charge in [-0.15, -0.1) is 0 Å². The summed E-state index contributed by atoms with van der Waals surface area (Å²) in [5.74, 6) is -0.527. The van der Waals surface area contributed by atoms with Crippen molar-refractivity contribution in [3.8, 4) is 0 Å². The number of hydrogen-bond donors (Lipinski definition) is 6. The van der Waals surface area contributed by atoms with Crippen LogP contribution < -0.4 is 31.9 Å². The lowest BCUT2D eigenvalue weighted by molar-refractivity contribution is -0.126. The van der Waals surface area contributed by atoms with E-state index in [9.17, 15) is 19.2 Å². The zero-order valence-corrected chi connectivity index (χ0v) is 24.5. The van der Waals surface area contributed by atoms with Crippen LogP contribution >= 0.6 is 0 Å². The molecular formula is C30H46N8O4. The van der Waals surface area contributed by atoms with Crippen molar-refractivity contribution in [3.63, 3.8) is 0 Å². The lowest BCUT2D eigenvalue weighted by Gasteiger charge is -2.08. The number of carbonyl (C=O) groups is 4. The van der Waals surface area contributed by atoms with Gasteiger partial charge in [0.25, 0.3) is 0 Å². The Morgan fingerprint density at radius 2 is 0.881 bits per heavy atom. The van der Waals surface area contributed by atoms with Gasteiger partial charge in [0, 0.05) is 76.6 Å². The molecule has 6 N–H and O–H groups in total. The highest BCUT2D eigenvalue weighted by molar-refractivity contribution is 5.84. The zero-order chi connectivity index (χ0) is 30.1. The molecule has 0 aliphatic carbocycles. The van der Waals surface area contributed by atoms with Crippen LogP contribution in [0.4, 0.5) is 0 Å². The summed E-state index contributed by atoms with van der Waals surface area (Å²) in [4.78, 5) is 55.6. The monoisotopic (exact) mass is 582 g/mol. The minimum absolute atomic E-state index is 0.114. The molecule has 0 radical (unpaired) electrons. The fourth-order valence-corrected chi connectivity index (χ4v) is 3.85. The summed E-state index contributed by atoms with van der Waals surface area (Å²) in [6, 6.07) is 7.40. The Hall–Kier alpha value is -3.90. The van der Waals surface area contributed by atoms with Crippen LogP contribution in [0.2, 0.25) is 0 Å². The number of hydrogen-bond acceptors (Lipinski definition) is 8. The van der Waals surface area contributed by atoms with E-state index in [1.54, 1.807) is 24.8 Å². The van der Waals surface area contributed by atoms with Crippen LogP contribution in [0.1, 0.15) is 62.5 Å². The molecule has 230 valence electrons. The lowest BCUT2D eigenvalue weighted by Crippen LogP contribution is -2.30. The van der Waals surface area contributed by atoms with Crippen LogP contribution in [-0.4, -0.2) is 72.9 Å². The molecule has 0 aliphatic heterocycles. The lowest BCUT2D eigenvalue weighted by atomic mass is 10.2. The van der Waals surface area contributed by atoms with Crippen molar-refractivity contribution in [2.75, 3.05) is 39.3 Å². The highest BCUT2D eigenvalue weighted by Crippen LogP contribution is 1.97. The summed E-state index contributed by atoms with van der Waals surface area (Å²) in [5.41, 5.74) is 1.84. The quantitative estimate of drug-likeness (QED) is 0.105. The Balaban J connectivity index is 1.28. The van der Waals surface area contributed by atoms with Gasteiger partial charge in [0.05, 0.1) is 0 Å². The third kappa shape index (κ3) is 18.4. The first kappa shape index (κ1) is 34.3. The molecule has 2 heterocycles. The molecule has 4 amide bonds. The van der Waals surface area contributed by atoms with E-state index in [0.717, 1.165) is 63.0 Å². The number of rotatable bonds is 23. The standard InChI is InChI=1S/C30H46N8O4/c39-27(9-11-29(41)37-23-25-7-3-15-33-21-25)35-19-5-17-31-13-1-2-14-32-18-6-20-36-28(40)10-12-30(42)38-24-26-8-4-16-34-22-26/h3-4,7-8,15-16,21-22,31-32H,1-2,5-6,9-14,17-20,23-24H2,(H,35,39)(H,36,40)(H,37,41)(H,38,42). The van der Waals surface area contributed by atoms with Gasteiger partial charge in [-0.05, 0) is 75.1 Å². The van der Waals surface area contributed by atoms with Gasteiger partial charge < -0.3 is 31.9 Å². The third-order valence-corrected chi connectivity index (χ3v) is 6.25. The molecule has 0 aromatic carbocycles. The van der Waals surface area contributed by atoms with E-state index in [4.69, 9.17) is 0 Å². The van der Waals surface area contributed by atoms with E-state index in [2.05, 4.69) is 41.9 Å². The molecule has 0 unspecified atom stereocenters. The summed E-state index contributed by atoms with van der Waals surface area (Å²) >= 11 is 0. The van der Waals surface area contributed by atoms with Crippen LogP contribution in [0, 0.1) is 0 Å². The number of amides is 4. The molecule has 0 aliphatic rings. The molecule has 2 rings (SSSR count). The Morgan fingerprint density at radius 1 is 0.500 bits per heavy atom. The first-order valence-corrected chi connectivity index (χ1v) is 14.8. The second-order valence-corrected chi connectivity index (χ2v) is 9.89. The number of nitrogens with zero attached hydrogens (tertiary/aromatic N) is 2. The maximum atomic E-state index is 11.9. The number of unbranched alkanes of at least 4 members (excludes halogenated alkanes) is 1. The van der Waals surface area contributed by atoms with Crippen molar-refractivity contribution >= 4 is 23.6 Å². The van der Waals surface area contributed by atoms with Gasteiger partial charge in [0.15, 0.2) is 0 Å². The molecule has 0 saturated heterocycles. The minimum atomic E-state index is -0.150. The van der Waals surface area contributed by atoms with Crippen LogP contribution in [0.25, 0.3) is 0 Å². The van der Waals surface area contributed by atoms with Crippen LogP contribution in [0.5, 0.6) is 0 Å². The predicted molar refractivity (Wildman–Crippen MR) is 161 cm³/mol. The zero-order valence-electron chi connectivity index (χ0n) is 24.5. The normalized spacial score (nSPS) is 10.6. The second kappa shape index (κ2) is 22.8. The Bertz CT molecular complexity index is 957. The molecule has 0 bridgehead atoms. The van der Waals surface area contributed by atoms with Crippen molar-refractivity contribution in [2.24, 2.45) is 0 Å². The molecule has 2 aromatic heterocycles. The number of nitrogens with one attached hydrogen (secondary N) is 6. The van der Waals surface area contributed by atoms with Crippen LogP contribution in [-0.2, 0) is 32.3 Å². The van der Waals surface area contributed by atoms with Crippen LogP contribution in [0.15, 0.2) is 49.1 Å². The summed E-state index contributed by atoms with van der Waals surface area (Å²) in [6.07, 6.45) is 11.2. The molecule has 0 atom stereocenters. The van der Waals surface area contributed by atoms with Gasteiger partial charge >= 0.3 is 0 Å². The van der Waals surface area contributed by atoms with Crippen molar-refractivity contribution < 1.29 is 19.2 Å². The molecule has 0 fully saturated rings. The Labute approximate surface area is 248 Å². The van der Waals surface area contributed by atoms with E-state index in [1.807, 2.05) is 24.3 Å². The van der Waals surface area contributed by atoms with E-state index in [1.165, 1.54) is 0 Å². The summed E-state index contributed by atoms with van der Waals surface area (Å²) < 4.78 is 0. The maximum absolute atomic E-state index is 11.9. The van der Waals surface area contributed by atoms with Gasteiger partial charge in [-0.1, -0.05) is 12.1 Å². The van der Waals surface area contributed by atoms with Crippen molar-refractivity contribution in [3.05, 3.63) is 60.2 Å². The van der Waals surface area contributed by atoms with Gasteiger partial charge in [-0.25, -0.2) is 0 Å². The fourth-order valence-electron chi connectivity index (χ4n) is 3.85. The first-order chi connectivity index (χ1) is 20.5. The van der Waals surface area contributed by atoms with Gasteiger partial charge in [0.1, 0.15) is 0 Å². The van der Waals surface area contributed by atoms with Crippen molar-refractivity contribution in [1.82, 2.24) is 41.9 Å². The van der Waals surface area contributed by atoms with Gasteiger partial charge in [0.2, 0.25) is 23.6 Å². The number of aromatic nitrogens is 2. The minimum Gasteiger partial charge on any atom is -0.356 e. The molecule has 2 aromatic rings. The number of pyridine rings is 2. The molecule has 12 heteroatoms. The average Bonchev–Trinajstić information content (AvgIpc) is 3.01. The van der Waals surface area contributed by atoms with E-state index in [-0.39, 0.29) is 49.3 Å². The highest BCUT2D eigenvalue weighted by atomic mass is 16.2.